The van der Waals surface area contributed by atoms with Crippen LogP contribution < -0.4 is 10.6 Å². The molecule has 1 aromatic rings. The van der Waals surface area contributed by atoms with Crippen molar-refractivity contribution < 1.29 is 24.2 Å². The van der Waals surface area contributed by atoms with Crippen molar-refractivity contribution >= 4 is 23.5 Å². The maximum atomic E-state index is 11.9. The lowest BCUT2D eigenvalue weighted by Gasteiger charge is -2.05. The number of carbonyl (C=O) groups is 3. The molecule has 8 nitrogen and oxygen atoms in total. The van der Waals surface area contributed by atoms with Gasteiger partial charge in [0.25, 0.3) is 5.91 Å². The molecule has 1 rings (SSSR count). The van der Waals surface area contributed by atoms with Gasteiger partial charge in [0.05, 0.1) is 12.2 Å². The molecule has 0 atom stereocenters. The lowest BCUT2D eigenvalue weighted by molar-refractivity contribution is -0.141. The molecule has 120 valence electrons. The van der Waals surface area contributed by atoms with E-state index in [-0.39, 0.29) is 24.3 Å². The SMILES string of the molecule is CCOC(=O)CN/C=C(/C#N)C(=O)Nc1ccc(C(=O)O)cc1. The van der Waals surface area contributed by atoms with Gasteiger partial charge in [-0.15, -0.1) is 0 Å². The summed E-state index contributed by atoms with van der Waals surface area (Å²) in [6.07, 6.45) is 1.11. The van der Waals surface area contributed by atoms with Crippen LogP contribution in [0.4, 0.5) is 5.69 Å². The smallest absolute Gasteiger partial charge is 0.335 e. The van der Waals surface area contributed by atoms with Gasteiger partial charge in [-0.25, -0.2) is 4.79 Å². The van der Waals surface area contributed by atoms with Crippen LogP contribution in [0.3, 0.4) is 0 Å². The topological polar surface area (TPSA) is 129 Å². The minimum absolute atomic E-state index is 0.0788. The molecule has 1 aromatic carbocycles. The van der Waals surface area contributed by atoms with Crippen molar-refractivity contribution in [2.45, 2.75) is 6.92 Å². The molecule has 0 spiro atoms. The molecule has 8 heteroatoms. The molecule has 3 N–H and O–H groups in total. The Morgan fingerprint density at radius 1 is 1.30 bits per heavy atom. The molecule has 23 heavy (non-hydrogen) atoms. The fraction of sp³-hybridized carbons (Fsp3) is 0.200. The Kier molecular flexibility index (Phi) is 6.81. The zero-order valence-electron chi connectivity index (χ0n) is 12.3. The minimum Gasteiger partial charge on any atom is -0.478 e. The molecule has 0 aliphatic carbocycles. The van der Waals surface area contributed by atoms with Crippen LogP contribution >= 0.6 is 0 Å². The Hall–Kier alpha value is -3.34. The summed E-state index contributed by atoms with van der Waals surface area (Å²) < 4.78 is 4.68. The highest BCUT2D eigenvalue weighted by Gasteiger charge is 2.10. The van der Waals surface area contributed by atoms with Crippen LogP contribution in [0.25, 0.3) is 0 Å². The Bertz CT molecular complexity index is 659. The van der Waals surface area contributed by atoms with Gasteiger partial charge in [0, 0.05) is 11.9 Å². The summed E-state index contributed by atoms with van der Waals surface area (Å²) >= 11 is 0. The highest BCUT2D eigenvalue weighted by Crippen LogP contribution is 2.10. The van der Waals surface area contributed by atoms with Gasteiger partial charge in [0.15, 0.2) is 0 Å². The van der Waals surface area contributed by atoms with Crippen molar-refractivity contribution in [2.75, 3.05) is 18.5 Å². The first-order valence-electron chi connectivity index (χ1n) is 6.62. The number of nitrogens with zero attached hydrogens (tertiary/aromatic N) is 1. The van der Waals surface area contributed by atoms with Crippen molar-refractivity contribution in [3.8, 4) is 6.07 Å². The number of rotatable bonds is 7. The average molecular weight is 317 g/mol. The molecule has 0 saturated heterocycles. The van der Waals surface area contributed by atoms with E-state index in [0.29, 0.717) is 5.69 Å². The largest absolute Gasteiger partial charge is 0.478 e. The molecule has 0 saturated carbocycles. The Morgan fingerprint density at radius 2 is 1.96 bits per heavy atom. The number of nitriles is 1. The van der Waals surface area contributed by atoms with Crippen LogP contribution in [0.2, 0.25) is 0 Å². The Morgan fingerprint density at radius 3 is 2.48 bits per heavy atom. The van der Waals surface area contributed by atoms with Crippen molar-refractivity contribution in [2.24, 2.45) is 0 Å². The van der Waals surface area contributed by atoms with Crippen molar-refractivity contribution in [1.82, 2.24) is 5.32 Å². The summed E-state index contributed by atoms with van der Waals surface area (Å²) in [6, 6.07) is 7.16. The molecule has 1 amide bonds. The Labute approximate surface area is 132 Å². The van der Waals surface area contributed by atoms with E-state index in [1.54, 1.807) is 13.0 Å². The van der Waals surface area contributed by atoms with E-state index in [1.165, 1.54) is 24.3 Å². The lowest BCUT2D eigenvalue weighted by Crippen LogP contribution is -2.22. The van der Waals surface area contributed by atoms with E-state index in [1.807, 2.05) is 0 Å². The lowest BCUT2D eigenvalue weighted by atomic mass is 10.2. The Balaban J connectivity index is 2.64. The zero-order chi connectivity index (χ0) is 17.2. The number of hydrogen-bond donors (Lipinski definition) is 3. The molecule has 0 bridgehead atoms. The first-order valence-corrected chi connectivity index (χ1v) is 6.62. The molecular weight excluding hydrogens is 302 g/mol. The highest BCUT2D eigenvalue weighted by atomic mass is 16.5. The fourth-order valence-corrected chi connectivity index (χ4v) is 1.49. The quantitative estimate of drug-likeness (QED) is 0.387. The number of aromatic carboxylic acids is 1. The molecule has 0 aliphatic rings. The van der Waals surface area contributed by atoms with E-state index in [4.69, 9.17) is 10.4 Å². The second kappa shape index (κ2) is 8.84. The van der Waals surface area contributed by atoms with Gasteiger partial charge in [-0.2, -0.15) is 5.26 Å². The van der Waals surface area contributed by atoms with Gasteiger partial charge >= 0.3 is 11.9 Å². The summed E-state index contributed by atoms with van der Waals surface area (Å²) in [6.45, 7) is 1.74. The molecule has 0 aliphatic heterocycles. The van der Waals surface area contributed by atoms with Crippen LogP contribution in [0.5, 0.6) is 0 Å². The number of anilines is 1. The summed E-state index contributed by atoms with van der Waals surface area (Å²) in [5.74, 6) is -2.28. The molecule has 0 heterocycles. The first-order chi connectivity index (χ1) is 11.0. The number of carboxylic acids is 1. The van der Waals surface area contributed by atoms with Crippen LogP contribution in [-0.2, 0) is 14.3 Å². The normalized spacial score (nSPS) is 10.3. The number of carbonyl (C=O) groups excluding carboxylic acids is 2. The molecular formula is C15H15N3O5. The monoisotopic (exact) mass is 317 g/mol. The van der Waals surface area contributed by atoms with Gasteiger partial charge in [0.2, 0.25) is 0 Å². The van der Waals surface area contributed by atoms with Crippen LogP contribution in [0, 0.1) is 11.3 Å². The van der Waals surface area contributed by atoms with Gasteiger partial charge in [-0.05, 0) is 31.2 Å². The van der Waals surface area contributed by atoms with Crippen LogP contribution in [0.15, 0.2) is 36.0 Å². The average Bonchev–Trinajstić information content (AvgIpc) is 2.52. The van der Waals surface area contributed by atoms with Crippen LogP contribution in [-0.4, -0.2) is 36.1 Å². The zero-order valence-corrected chi connectivity index (χ0v) is 12.3. The predicted octanol–water partition coefficient (Wildman–Crippen LogP) is 0.883. The maximum Gasteiger partial charge on any atom is 0.335 e. The third-order valence-corrected chi connectivity index (χ3v) is 2.55. The number of carboxylic acid groups (broad SMARTS) is 1. The third kappa shape index (κ3) is 5.89. The number of nitrogens with one attached hydrogen (secondary N) is 2. The second-order valence-corrected chi connectivity index (χ2v) is 4.19. The summed E-state index contributed by atoms with van der Waals surface area (Å²) in [4.78, 5) is 33.7. The molecule has 0 radical (unpaired) electrons. The maximum absolute atomic E-state index is 11.9. The predicted molar refractivity (Wildman–Crippen MR) is 80.4 cm³/mol. The summed E-state index contributed by atoms with van der Waals surface area (Å²) in [5, 5.41) is 22.7. The second-order valence-electron chi connectivity index (χ2n) is 4.19. The molecule has 0 aromatic heterocycles. The number of esters is 1. The minimum atomic E-state index is -1.08. The van der Waals surface area contributed by atoms with Crippen molar-refractivity contribution in [3.05, 3.63) is 41.6 Å². The van der Waals surface area contributed by atoms with E-state index in [0.717, 1.165) is 6.20 Å². The van der Waals surface area contributed by atoms with E-state index >= 15 is 0 Å². The van der Waals surface area contributed by atoms with E-state index in [9.17, 15) is 14.4 Å². The third-order valence-electron chi connectivity index (χ3n) is 2.55. The number of benzene rings is 1. The van der Waals surface area contributed by atoms with Crippen LogP contribution in [0.1, 0.15) is 17.3 Å². The summed E-state index contributed by atoms with van der Waals surface area (Å²) in [7, 11) is 0. The number of amides is 1. The fourth-order valence-electron chi connectivity index (χ4n) is 1.49. The molecule has 0 fully saturated rings. The summed E-state index contributed by atoms with van der Waals surface area (Å²) in [5.41, 5.74) is 0.179. The van der Waals surface area contributed by atoms with Gasteiger partial charge in [-0.1, -0.05) is 0 Å². The van der Waals surface area contributed by atoms with Gasteiger partial charge in [-0.3, -0.25) is 9.59 Å². The van der Waals surface area contributed by atoms with Gasteiger partial charge < -0.3 is 20.5 Å². The van der Waals surface area contributed by atoms with Crippen molar-refractivity contribution in [1.29, 1.82) is 5.26 Å². The standard InChI is InChI=1S/C15H15N3O5/c1-2-23-13(19)9-17-8-11(7-16)14(20)18-12-5-3-10(4-6-12)15(21)22/h3-6,8,17H,2,9H2,1H3,(H,18,20)(H,21,22)/b11-8-. The number of ether oxygens (including phenoxy) is 1. The first kappa shape index (κ1) is 17.7. The molecule has 0 unspecified atom stereocenters. The highest BCUT2D eigenvalue weighted by molar-refractivity contribution is 6.06. The van der Waals surface area contributed by atoms with Crippen molar-refractivity contribution in [3.63, 3.8) is 0 Å². The number of hydrogen-bond acceptors (Lipinski definition) is 6. The van der Waals surface area contributed by atoms with E-state index < -0.39 is 17.8 Å². The van der Waals surface area contributed by atoms with Gasteiger partial charge in [0.1, 0.15) is 18.2 Å². The van der Waals surface area contributed by atoms with E-state index in [2.05, 4.69) is 15.4 Å².